The molecule has 4 heteroatoms. The average Bonchev–Trinajstić information content (AvgIpc) is 2.54. The van der Waals surface area contributed by atoms with Crippen molar-refractivity contribution >= 4 is 17.7 Å². The molecule has 0 saturated carbocycles. The summed E-state index contributed by atoms with van der Waals surface area (Å²) in [5, 5.41) is 21.5. The van der Waals surface area contributed by atoms with Crippen molar-refractivity contribution in [3.8, 4) is 0 Å². The van der Waals surface area contributed by atoms with Crippen molar-refractivity contribution in [3.05, 3.63) is 58.7 Å². The van der Waals surface area contributed by atoms with Crippen LogP contribution in [0.3, 0.4) is 0 Å². The maximum absolute atomic E-state index is 11.1. The van der Waals surface area contributed by atoms with E-state index < -0.39 is 12.1 Å². The van der Waals surface area contributed by atoms with Crippen molar-refractivity contribution < 1.29 is 15.0 Å². The van der Waals surface area contributed by atoms with E-state index in [1.165, 1.54) is 11.8 Å². The Morgan fingerprint density at radius 1 is 1.30 bits per heavy atom. The van der Waals surface area contributed by atoms with Crippen LogP contribution in [0, 0.1) is 6.92 Å². The SMILES string of the molecule is Cc1cc(C(=O)[O-])cc2c1C(O)Cc1ccccc1S2. The summed E-state index contributed by atoms with van der Waals surface area (Å²) in [5.74, 6) is -1.19. The Kier molecular flexibility index (Phi) is 3.28. The molecule has 2 aromatic rings. The second-order valence-corrected chi connectivity index (χ2v) is 6.01. The number of carboxylic acids is 1. The van der Waals surface area contributed by atoms with Crippen molar-refractivity contribution in [1.82, 2.24) is 0 Å². The first-order valence-corrected chi connectivity index (χ1v) is 7.17. The van der Waals surface area contributed by atoms with E-state index in [4.69, 9.17) is 0 Å². The molecule has 3 rings (SSSR count). The maximum Gasteiger partial charge on any atom is 0.0844 e. The number of carbonyl (C=O) groups is 1. The van der Waals surface area contributed by atoms with Gasteiger partial charge in [-0.2, -0.15) is 0 Å². The third kappa shape index (κ3) is 2.21. The van der Waals surface area contributed by atoms with Crippen LogP contribution in [-0.4, -0.2) is 11.1 Å². The summed E-state index contributed by atoms with van der Waals surface area (Å²) in [6, 6.07) is 11.0. The number of rotatable bonds is 1. The lowest BCUT2D eigenvalue weighted by atomic mass is 9.96. The minimum atomic E-state index is -1.19. The molecule has 20 heavy (non-hydrogen) atoms. The zero-order chi connectivity index (χ0) is 14.3. The molecule has 1 aliphatic heterocycles. The summed E-state index contributed by atoms with van der Waals surface area (Å²) in [5.41, 5.74) is 2.83. The van der Waals surface area contributed by atoms with Crippen molar-refractivity contribution in [2.75, 3.05) is 0 Å². The molecule has 1 atom stereocenters. The molecule has 1 heterocycles. The molecular formula is C16H13O3S-. The van der Waals surface area contributed by atoms with E-state index in [0.29, 0.717) is 6.42 Å². The van der Waals surface area contributed by atoms with Gasteiger partial charge in [0.05, 0.1) is 12.1 Å². The minimum absolute atomic E-state index is 0.153. The molecular weight excluding hydrogens is 272 g/mol. The van der Waals surface area contributed by atoms with Crippen molar-refractivity contribution in [2.45, 2.75) is 29.2 Å². The number of hydrogen-bond acceptors (Lipinski definition) is 4. The molecule has 0 aromatic heterocycles. The summed E-state index contributed by atoms with van der Waals surface area (Å²) < 4.78 is 0. The number of carboxylic acid groups (broad SMARTS) is 1. The summed E-state index contributed by atoms with van der Waals surface area (Å²) in [6.07, 6.45) is -0.0706. The van der Waals surface area contributed by atoms with Crippen molar-refractivity contribution in [3.63, 3.8) is 0 Å². The molecule has 0 radical (unpaired) electrons. The number of benzene rings is 2. The predicted molar refractivity (Wildman–Crippen MR) is 74.7 cm³/mol. The smallest absolute Gasteiger partial charge is 0.0844 e. The Labute approximate surface area is 121 Å². The third-order valence-electron chi connectivity index (χ3n) is 3.52. The van der Waals surface area contributed by atoms with Gasteiger partial charge in [-0.05, 0) is 47.4 Å². The maximum atomic E-state index is 11.1. The minimum Gasteiger partial charge on any atom is -0.545 e. The molecule has 1 unspecified atom stereocenters. The molecule has 1 aliphatic rings. The number of fused-ring (bicyclic) bond motifs is 2. The van der Waals surface area contributed by atoms with Crippen LogP contribution < -0.4 is 5.11 Å². The van der Waals surface area contributed by atoms with Crippen LogP contribution in [0.4, 0.5) is 0 Å². The van der Waals surface area contributed by atoms with Crippen LogP contribution in [0.2, 0.25) is 0 Å². The second kappa shape index (κ2) is 4.96. The first-order valence-electron chi connectivity index (χ1n) is 6.36. The summed E-state index contributed by atoms with van der Waals surface area (Å²) in [7, 11) is 0. The van der Waals surface area contributed by atoms with Gasteiger partial charge in [-0.25, -0.2) is 0 Å². The Bertz CT molecular complexity index is 694. The highest BCUT2D eigenvalue weighted by Gasteiger charge is 2.23. The zero-order valence-corrected chi connectivity index (χ0v) is 11.7. The van der Waals surface area contributed by atoms with Gasteiger partial charge in [-0.3, -0.25) is 0 Å². The van der Waals surface area contributed by atoms with Gasteiger partial charge in [0.1, 0.15) is 0 Å². The molecule has 0 saturated heterocycles. The lowest BCUT2D eigenvalue weighted by Crippen LogP contribution is -2.22. The molecule has 0 amide bonds. The van der Waals surface area contributed by atoms with E-state index in [1.807, 2.05) is 31.2 Å². The highest BCUT2D eigenvalue weighted by Crippen LogP contribution is 2.42. The average molecular weight is 285 g/mol. The van der Waals surface area contributed by atoms with E-state index in [0.717, 1.165) is 26.5 Å². The van der Waals surface area contributed by atoms with E-state index in [9.17, 15) is 15.0 Å². The van der Waals surface area contributed by atoms with E-state index >= 15 is 0 Å². The summed E-state index contributed by atoms with van der Waals surface area (Å²) in [6.45, 7) is 1.82. The van der Waals surface area contributed by atoms with E-state index in [1.54, 1.807) is 12.1 Å². The number of aliphatic hydroxyl groups excluding tert-OH is 1. The number of aromatic carboxylic acids is 1. The van der Waals surface area contributed by atoms with E-state index in [-0.39, 0.29) is 5.56 Å². The number of hydrogen-bond donors (Lipinski definition) is 1. The standard InChI is InChI=1S/C16H14O3S/c1-9-6-11(16(18)19)8-14-15(9)12(17)7-10-4-2-3-5-13(10)20-14/h2-6,8,12,17H,7H2,1H3,(H,18,19)/p-1. The first kappa shape index (κ1) is 13.2. The highest BCUT2D eigenvalue weighted by atomic mass is 32.2. The van der Waals surface area contributed by atoms with Gasteiger partial charge in [0.15, 0.2) is 0 Å². The Morgan fingerprint density at radius 2 is 2.05 bits per heavy atom. The van der Waals surface area contributed by atoms with Crippen LogP contribution in [0.15, 0.2) is 46.2 Å². The number of aryl methyl sites for hydroxylation is 1. The molecule has 0 spiro atoms. The van der Waals surface area contributed by atoms with Crippen molar-refractivity contribution in [1.29, 1.82) is 0 Å². The molecule has 0 aliphatic carbocycles. The van der Waals surface area contributed by atoms with Crippen LogP contribution in [0.1, 0.15) is 33.2 Å². The number of aliphatic hydroxyl groups is 1. The Balaban J connectivity index is 2.19. The fourth-order valence-corrected chi connectivity index (χ4v) is 3.86. The fraction of sp³-hybridized carbons (Fsp3) is 0.188. The normalized spacial score (nSPS) is 17.0. The predicted octanol–water partition coefficient (Wildman–Crippen LogP) is 2.10. The van der Waals surface area contributed by atoms with Gasteiger partial charge in [0.2, 0.25) is 0 Å². The molecule has 102 valence electrons. The summed E-state index contributed by atoms with van der Waals surface area (Å²) >= 11 is 1.50. The summed E-state index contributed by atoms with van der Waals surface area (Å²) in [4.78, 5) is 12.9. The molecule has 0 fully saturated rings. The molecule has 3 nitrogen and oxygen atoms in total. The largest absolute Gasteiger partial charge is 0.545 e. The lowest BCUT2D eigenvalue weighted by Gasteiger charge is -2.16. The molecule has 2 aromatic carbocycles. The van der Waals surface area contributed by atoms with Gasteiger partial charge in [-0.1, -0.05) is 30.0 Å². The zero-order valence-electron chi connectivity index (χ0n) is 10.9. The van der Waals surface area contributed by atoms with Gasteiger partial charge < -0.3 is 15.0 Å². The quantitative estimate of drug-likeness (QED) is 0.871. The van der Waals surface area contributed by atoms with Gasteiger partial charge >= 0.3 is 0 Å². The topological polar surface area (TPSA) is 60.4 Å². The van der Waals surface area contributed by atoms with Gasteiger partial charge in [-0.15, -0.1) is 0 Å². The van der Waals surface area contributed by atoms with Gasteiger partial charge in [0.25, 0.3) is 0 Å². The monoisotopic (exact) mass is 285 g/mol. The Hall–Kier alpha value is -1.78. The van der Waals surface area contributed by atoms with Crippen LogP contribution in [-0.2, 0) is 6.42 Å². The molecule has 0 bridgehead atoms. The van der Waals surface area contributed by atoms with Crippen molar-refractivity contribution in [2.24, 2.45) is 0 Å². The number of carbonyl (C=O) groups excluding carboxylic acids is 1. The molecule has 1 N–H and O–H groups in total. The lowest BCUT2D eigenvalue weighted by molar-refractivity contribution is -0.255. The Morgan fingerprint density at radius 3 is 2.80 bits per heavy atom. The third-order valence-corrected chi connectivity index (χ3v) is 4.70. The first-order chi connectivity index (χ1) is 9.56. The van der Waals surface area contributed by atoms with E-state index in [2.05, 4.69) is 0 Å². The van der Waals surface area contributed by atoms with Crippen LogP contribution in [0.5, 0.6) is 0 Å². The fourth-order valence-electron chi connectivity index (χ4n) is 2.60. The second-order valence-electron chi connectivity index (χ2n) is 4.92. The van der Waals surface area contributed by atoms with Gasteiger partial charge in [0, 0.05) is 16.2 Å². The van der Waals surface area contributed by atoms with Crippen LogP contribution in [0.25, 0.3) is 0 Å². The van der Waals surface area contributed by atoms with Crippen LogP contribution >= 0.6 is 11.8 Å². The highest BCUT2D eigenvalue weighted by molar-refractivity contribution is 7.99.